The highest BCUT2D eigenvalue weighted by molar-refractivity contribution is 7.09. The first-order valence-corrected chi connectivity index (χ1v) is 7.11. The zero-order valence-corrected chi connectivity index (χ0v) is 11.3. The number of hydrogen-bond donors (Lipinski definition) is 1. The van der Waals surface area contributed by atoms with Crippen molar-refractivity contribution in [2.75, 3.05) is 0 Å². The lowest BCUT2D eigenvalue weighted by molar-refractivity contribution is 0.194. The summed E-state index contributed by atoms with van der Waals surface area (Å²) in [4.78, 5) is 5.61. The van der Waals surface area contributed by atoms with Gasteiger partial charge in [-0.3, -0.25) is 0 Å². The van der Waals surface area contributed by atoms with Crippen LogP contribution in [-0.2, 0) is 0 Å². The van der Waals surface area contributed by atoms with E-state index in [-0.39, 0.29) is 6.04 Å². The highest BCUT2D eigenvalue weighted by Gasteiger charge is 2.30. The fourth-order valence-corrected chi connectivity index (χ4v) is 4.04. The summed E-state index contributed by atoms with van der Waals surface area (Å²) in [5, 5.41) is 0. The second-order valence-electron chi connectivity index (χ2n) is 5.51. The van der Waals surface area contributed by atoms with Crippen molar-refractivity contribution in [2.24, 2.45) is 23.5 Å². The number of hydrogen-bond acceptors (Lipinski definition) is 3. The Morgan fingerprint density at radius 1 is 1.31 bits per heavy atom. The maximum Gasteiger partial charge on any atom is 0.0798 e. The first-order chi connectivity index (χ1) is 7.58. The summed E-state index contributed by atoms with van der Waals surface area (Å²) < 4.78 is 0. The molecule has 2 nitrogen and oxygen atoms in total. The van der Waals surface area contributed by atoms with Gasteiger partial charge in [0, 0.05) is 10.9 Å². The molecule has 1 aliphatic carbocycles. The average molecular weight is 238 g/mol. The number of nitrogens with two attached hydrogens (primary N) is 1. The van der Waals surface area contributed by atoms with E-state index in [9.17, 15) is 0 Å². The Kier molecular flexibility index (Phi) is 3.65. The van der Waals surface area contributed by atoms with Crippen LogP contribution in [-0.4, -0.2) is 4.98 Å². The number of rotatable bonds is 2. The summed E-state index contributed by atoms with van der Waals surface area (Å²) in [6.45, 7) is 6.78. The quantitative estimate of drug-likeness (QED) is 0.856. The Balaban J connectivity index is 2.10. The van der Waals surface area contributed by atoms with E-state index in [1.54, 1.807) is 11.3 Å². The minimum absolute atomic E-state index is 0.206. The van der Waals surface area contributed by atoms with Gasteiger partial charge in [-0.15, -0.1) is 11.3 Å². The summed E-state index contributed by atoms with van der Waals surface area (Å²) in [6, 6.07) is 0.206. The minimum Gasteiger partial charge on any atom is -0.323 e. The van der Waals surface area contributed by atoms with Gasteiger partial charge >= 0.3 is 0 Å². The standard InChI is InChI=1S/C13H22N2S/c1-8-4-9(2)6-11(5-8)12(14)13-10(3)15-7-16-13/h7-9,11-12H,4-6,14H2,1-3H3. The molecule has 1 fully saturated rings. The normalized spacial score (nSPS) is 32.6. The van der Waals surface area contributed by atoms with Crippen LogP contribution >= 0.6 is 11.3 Å². The summed E-state index contributed by atoms with van der Waals surface area (Å²) >= 11 is 1.72. The summed E-state index contributed by atoms with van der Waals surface area (Å²) in [5.74, 6) is 2.30. The molecule has 16 heavy (non-hydrogen) atoms. The third-order valence-electron chi connectivity index (χ3n) is 3.81. The molecule has 0 saturated heterocycles. The van der Waals surface area contributed by atoms with Crippen molar-refractivity contribution in [1.82, 2.24) is 4.98 Å². The molecule has 0 aromatic carbocycles. The van der Waals surface area contributed by atoms with Gasteiger partial charge in [-0.2, -0.15) is 0 Å². The molecule has 0 amide bonds. The Labute approximate surface area is 102 Å². The molecule has 3 atom stereocenters. The van der Waals surface area contributed by atoms with Crippen LogP contribution in [0, 0.1) is 24.7 Å². The van der Waals surface area contributed by atoms with Crippen LogP contribution in [0.2, 0.25) is 0 Å². The Morgan fingerprint density at radius 2 is 1.94 bits per heavy atom. The fraction of sp³-hybridized carbons (Fsp3) is 0.769. The van der Waals surface area contributed by atoms with Crippen molar-refractivity contribution >= 4 is 11.3 Å². The zero-order chi connectivity index (χ0) is 11.7. The molecule has 1 heterocycles. The summed E-state index contributed by atoms with van der Waals surface area (Å²) in [5.41, 5.74) is 9.45. The van der Waals surface area contributed by atoms with Crippen LogP contribution in [0.4, 0.5) is 0 Å². The second kappa shape index (κ2) is 4.84. The molecule has 0 radical (unpaired) electrons. The molecule has 3 unspecified atom stereocenters. The highest BCUT2D eigenvalue weighted by atomic mass is 32.1. The van der Waals surface area contributed by atoms with Gasteiger partial charge in [0.2, 0.25) is 0 Å². The monoisotopic (exact) mass is 238 g/mol. The van der Waals surface area contributed by atoms with Gasteiger partial charge in [-0.05, 0) is 43.9 Å². The maximum atomic E-state index is 6.41. The third-order valence-corrected chi connectivity index (χ3v) is 4.84. The van der Waals surface area contributed by atoms with Crippen molar-refractivity contribution in [2.45, 2.75) is 46.1 Å². The van der Waals surface area contributed by atoms with Gasteiger partial charge < -0.3 is 5.73 Å². The zero-order valence-electron chi connectivity index (χ0n) is 10.4. The van der Waals surface area contributed by atoms with Crippen LogP contribution in [0.3, 0.4) is 0 Å². The fourth-order valence-electron chi connectivity index (χ4n) is 3.15. The number of nitrogens with zero attached hydrogens (tertiary/aromatic N) is 1. The van der Waals surface area contributed by atoms with Crippen LogP contribution in [0.15, 0.2) is 5.51 Å². The van der Waals surface area contributed by atoms with E-state index in [4.69, 9.17) is 5.73 Å². The lowest BCUT2D eigenvalue weighted by Gasteiger charge is -2.34. The van der Waals surface area contributed by atoms with Crippen molar-refractivity contribution < 1.29 is 0 Å². The van der Waals surface area contributed by atoms with Crippen LogP contribution in [0.1, 0.15) is 49.7 Å². The lowest BCUT2D eigenvalue weighted by Crippen LogP contribution is -2.29. The molecule has 2 rings (SSSR count). The SMILES string of the molecule is Cc1ncsc1C(N)C1CC(C)CC(C)C1. The predicted octanol–water partition coefficient (Wildman–Crippen LogP) is 3.52. The molecule has 0 bridgehead atoms. The van der Waals surface area contributed by atoms with Gasteiger partial charge in [-0.1, -0.05) is 13.8 Å². The molecular weight excluding hydrogens is 216 g/mol. The van der Waals surface area contributed by atoms with Crippen LogP contribution in [0.25, 0.3) is 0 Å². The molecule has 90 valence electrons. The molecular formula is C13H22N2S. The van der Waals surface area contributed by atoms with Crippen molar-refractivity contribution in [1.29, 1.82) is 0 Å². The van der Waals surface area contributed by atoms with E-state index >= 15 is 0 Å². The molecule has 1 aliphatic rings. The molecule has 3 heteroatoms. The van der Waals surface area contributed by atoms with Crippen molar-refractivity contribution in [3.8, 4) is 0 Å². The predicted molar refractivity (Wildman–Crippen MR) is 69.4 cm³/mol. The molecule has 1 saturated carbocycles. The number of aromatic nitrogens is 1. The Hall–Kier alpha value is -0.410. The number of thiazole rings is 1. The Morgan fingerprint density at radius 3 is 2.44 bits per heavy atom. The van der Waals surface area contributed by atoms with Crippen molar-refractivity contribution in [3.05, 3.63) is 16.1 Å². The van der Waals surface area contributed by atoms with E-state index in [1.807, 2.05) is 5.51 Å². The smallest absolute Gasteiger partial charge is 0.0798 e. The van der Waals surface area contributed by atoms with E-state index in [0.717, 1.165) is 17.5 Å². The summed E-state index contributed by atoms with van der Waals surface area (Å²) in [6.07, 6.45) is 3.93. The number of aryl methyl sites for hydroxylation is 1. The van der Waals surface area contributed by atoms with E-state index in [2.05, 4.69) is 25.8 Å². The van der Waals surface area contributed by atoms with Crippen molar-refractivity contribution in [3.63, 3.8) is 0 Å². The third kappa shape index (κ3) is 2.46. The van der Waals surface area contributed by atoms with Crippen LogP contribution < -0.4 is 5.73 Å². The largest absolute Gasteiger partial charge is 0.323 e. The summed E-state index contributed by atoms with van der Waals surface area (Å²) in [7, 11) is 0. The highest BCUT2D eigenvalue weighted by Crippen LogP contribution is 2.40. The lowest BCUT2D eigenvalue weighted by atomic mass is 9.73. The van der Waals surface area contributed by atoms with E-state index < -0.39 is 0 Å². The topological polar surface area (TPSA) is 38.9 Å². The van der Waals surface area contributed by atoms with Gasteiger partial charge in [0.25, 0.3) is 0 Å². The maximum absolute atomic E-state index is 6.41. The van der Waals surface area contributed by atoms with Gasteiger partial charge in [0.15, 0.2) is 0 Å². The second-order valence-corrected chi connectivity index (χ2v) is 6.39. The Bertz CT molecular complexity index is 337. The van der Waals surface area contributed by atoms with Gasteiger partial charge in [0.05, 0.1) is 11.2 Å². The average Bonchev–Trinajstić information content (AvgIpc) is 2.62. The van der Waals surface area contributed by atoms with Gasteiger partial charge in [0.1, 0.15) is 0 Å². The molecule has 0 spiro atoms. The van der Waals surface area contributed by atoms with E-state index in [1.165, 1.54) is 24.1 Å². The van der Waals surface area contributed by atoms with Crippen LogP contribution in [0.5, 0.6) is 0 Å². The van der Waals surface area contributed by atoms with Gasteiger partial charge in [-0.25, -0.2) is 4.98 Å². The first-order valence-electron chi connectivity index (χ1n) is 6.23. The molecule has 1 aromatic rings. The molecule has 2 N–H and O–H groups in total. The van der Waals surface area contributed by atoms with E-state index in [0.29, 0.717) is 5.92 Å². The molecule has 1 aromatic heterocycles. The minimum atomic E-state index is 0.206. The molecule has 0 aliphatic heterocycles. The first kappa shape index (κ1) is 12.1.